The second-order valence-corrected chi connectivity index (χ2v) is 6.17. The number of carbonyl (C=O) groups excluding carboxylic acids is 2. The minimum Gasteiger partial charge on any atom is -0.481 e. The number of aliphatic carboxylic acids is 1. The van der Waals surface area contributed by atoms with Crippen LogP contribution in [0.15, 0.2) is 54.6 Å². The predicted molar refractivity (Wildman–Crippen MR) is 98.7 cm³/mol. The molecular weight excluding hydrogens is 332 g/mol. The van der Waals surface area contributed by atoms with Crippen molar-refractivity contribution in [3.63, 3.8) is 0 Å². The highest BCUT2D eigenvalue weighted by Gasteiger charge is 2.22. The van der Waals surface area contributed by atoms with Crippen LogP contribution in [0.5, 0.6) is 0 Å². The summed E-state index contributed by atoms with van der Waals surface area (Å²) in [6.45, 7) is 3.42. The number of carbonyl (C=O) groups is 3. The fourth-order valence-electron chi connectivity index (χ4n) is 2.51. The molecule has 0 aliphatic carbocycles. The van der Waals surface area contributed by atoms with Crippen molar-refractivity contribution in [3.05, 3.63) is 65.7 Å². The molecule has 6 nitrogen and oxygen atoms in total. The van der Waals surface area contributed by atoms with E-state index in [-0.39, 0.29) is 18.4 Å². The Balaban J connectivity index is 2.20. The van der Waals surface area contributed by atoms with Gasteiger partial charge in [-0.25, -0.2) is 0 Å². The quantitative estimate of drug-likeness (QED) is 0.800. The molecule has 0 aliphatic heterocycles. The van der Waals surface area contributed by atoms with E-state index in [9.17, 15) is 19.5 Å². The van der Waals surface area contributed by atoms with Crippen LogP contribution >= 0.6 is 0 Å². The lowest BCUT2D eigenvalue weighted by atomic mass is 10.1. The van der Waals surface area contributed by atoms with Crippen LogP contribution in [0.1, 0.15) is 29.8 Å². The zero-order chi connectivity index (χ0) is 19.1. The summed E-state index contributed by atoms with van der Waals surface area (Å²) in [6.07, 6.45) is 0. The van der Waals surface area contributed by atoms with Gasteiger partial charge in [-0.05, 0) is 29.8 Å². The summed E-state index contributed by atoms with van der Waals surface area (Å²) in [5, 5.41) is 11.8. The third-order valence-electron chi connectivity index (χ3n) is 3.87. The molecule has 1 atom stereocenters. The number of amides is 2. The number of benzene rings is 2. The molecule has 6 heteroatoms. The third kappa shape index (κ3) is 5.44. The van der Waals surface area contributed by atoms with Gasteiger partial charge in [0.05, 0.1) is 5.92 Å². The van der Waals surface area contributed by atoms with E-state index in [1.165, 1.54) is 11.8 Å². The van der Waals surface area contributed by atoms with Crippen LogP contribution in [0.2, 0.25) is 0 Å². The van der Waals surface area contributed by atoms with Crippen molar-refractivity contribution in [1.29, 1.82) is 0 Å². The normalized spacial score (nSPS) is 11.5. The summed E-state index contributed by atoms with van der Waals surface area (Å²) < 4.78 is 0. The van der Waals surface area contributed by atoms with Crippen molar-refractivity contribution < 1.29 is 19.5 Å². The number of nitrogens with zero attached hydrogens (tertiary/aromatic N) is 1. The molecule has 136 valence electrons. The van der Waals surface area contributed by atoms with E-state index in [0.717, 1.165) is 5.56 Å². The monoisotopic (exact) mass is 354 g/mol. The van der Waals surface area contributed by atoms with Crippen molar-refractivity contribution in [2.75, 3.05) is 11.9 Å². The zero-order valence-electron chi connectivity index (χ0n) is 14.8. The molecule has 0 fully saturated rings. The minimum atomic E-state index is -0.947. The second-order valence-electron chi connectivity index (χ2n) is 6.17. The molecule has 0 saturated carbocycles. The molecule has 2 amide bonds. The van der Waals surface area contributed by atoms with Gasteiger partial charge < -0.3 is 15.3 Å². The van der Waals surface area contributed by atoms with Crippen LogP contribution in [0.25, 0.3) is 0 Å². The number of hydrogen-bond donors (Lipinski definition) is 2. The van der Waals surface area contributed by atoms with E-state index >= 15 is 0 Å². The maximum absolute atomic E-state index is 12.9. The predicted octanol–water partition coefficient (Wildman–Crippen LogP) is 3.01. The van der Waals surface area contributed by atoms with E-state index in [2.05, 4.69) is 5.32 Å². The van der Waals surface area contributed by atoms with Crippen LogP contribution in [-0.4, -0.2) is 34.3 Å². The SMILES string of the molecule is CC(=O)Nc1ccc(C(=O)N(Cc2ccccc2)C[C@H](C)C(=O)O)cc1. The van der Waals surface area contributed by atoms with Crippen LogP contribution < -0.4 is 5.32 Å². The maximum atomic E-state index is 12.9. The van der Waals surface area contributed by atoms with Crippen molar-refractivity contribution in [1.82, 2.24) is 4.90 Å². The Kier molecular flexibility index (Phi) is 6.49. The molecule has 2 aromatic carbocycles. The topological polar surface area (TPSA) is 86.7 Å². The lowest BCUT2D eigenvalue weighted by molar-refractivity contribution is -0.141. The maximum Gasteiger partial charge on any atom is 0.308 e. The Morgan fingerprint density at radius 2 is 1.65 bits per heavy atom. The van der Waals surface area contributed by atoms with Gasteiger partial charge in [0.1, 0.15) is 0 Å². The first-order valence-electron chi connectivity index (χ1n) is 8.30. The van der Waals surface area contributed by atoms with Gasteiger partial charge in [-0.2, -0.15) is 0 Å². The van der Waals surface area contributed by atoms with Gasteiger partial charge in [0.15, 0.2) is 0 Å². The summed E-state index contributed by atoms with van der Waals surface area (Å²) in [6, 6.07) is 16.0. The van der Waals surface area contributed by atoms with Crippen molar-refractivity contribution in [2.24, 2.45) is 5.92 Å². The van der Waals surface area contributed by atoms with E-state index < -0.39 is 11.9 Å². The summed E-state index contributed by atoms with van der Waals surface area (Å²) in [5.74, 6) is -2.07. The highest BCUT2D eigenvalue weighted by atomic mass is 16.4. The van der Waals surface area contributed by atoms with Gasteiger partial charge in [0.2, 0.25) is 5.91 Å². The van der Waals surface area contributed by atoms with Crippen LogP contribution in [-0.2, 0) is 16.1 Å². The van der Waals surface area contributed by atoms with E-state index in [0.29, 0.717) is 17.8 Å². The van der Waals surface area contributed by atoms with Gasteiger partial charge in [0.25, 0.3) is 5.91 Å². The Morgan fingerprint density at radius 3 is 2.19 bits per heavy atom. The van der Waals surface area contributed by atoms with Crippen molar-refractivity contribution in [2.45, 2.75) is 20.4 Å². The Bertz CT molecular complexity index is 772. The number of anilines is 1. The average Bonchev–Trinajstić information content (AvgIpc) is 2.61. The minimum absolute atomic E-state index is 0.108. The number of rotatable bonds is 7. The third-order valence-corrected chi connectivity index (χ3v) is 3.87. The Hall–Kier alpha value is -3.15. The molecule has 0 aromatic heterocycles. The molecule has 0 bridgehead atoms. The summed E-state index contributed by atoms with van der Waals surface area (Å²) in [4.78, 5) is 36.7. The van der Waals surface area contributed by atoms with Gasteiger partial charge in [-0.1, -0.05) is 37.3 Å². The smallest absolute Gasteiger partial charge is 0.308 e. The first-order chi connectivity index (χ1) is 12.4. The van der Waals surface area contributed by atoms with E-state index in [4.69, 9.17) is 0 Å². The lowest BCUT2D eigenvalue weighted by Crippen LogP contribution is -2.36. The van der Waals surface area contributed by atoms with Gasteiger partial charge in [-0.15, -0.1) is 0 Å². The highest BCUT2D eigenvalue weighted by Crippen LogP contribution is 2.15. The molecule has 2 aromatic rings. The summed E-state index contributed by atoms with van der Waals surface area (Å²) in [7, 11) is 0. The van der Waals surface area contributed by atoms with Crippen LogP contribution in [0.4, 0.5) is 5.69 Å². The Morgan fingerprint density at radius 1 is 1.04 bits per heavy atom. The fraction of sp³-hybridized carbons (Fsp3) is 0.250. The number of carboxylic acid groups (broad SMARTS) is 1. The van der Waals surface area contributed by atoms with Crippen LogP contribution in [0, 0.1) is 5.92 Å². The summed E-state index contributed by atoms with van der Waals surface area (Å²) in [5.41, 5.74) is 1.96. The zero-order valence-corrected chi connectivity index (χ0v) is 14.8. The van der Waals surface area contributed by atoms with Crippen molar-refractivity contribution in [3.8, 4) is 0 Å². The molecule has 2 rings (SSSR count). The first-order valence-corrected chi connectivity index (χ1v) is 8.30. The molecule has 0 radical (unpaired) electrons. The van der Waals surface area contributed by atoms with E-state index in [1.807, 2.05) is 30.3 Å². The number of carboxylic acids is 1. The standard InChI is InChI=1S/C20H22N2O4/c1-14(20(25)26)12-22(13-16-6-4-3-5-7-16)19(24)17-8-10-18(11-9-17)21-15(2)23/h3-11,14H,12-13H2,1-2H3,(H,21,23)(H,25,26)/t14-/m0/s1. The number of nitrogens with one attached hydrogen (secondary N) is 1. The molecular formula is C20H22N2O4. The molecule has 0 heterocycles. The van der Waals surface area contributed by atoms with E-state index in [1.54, 1.807) is 31.2 Å². The molecule has 2 N–H and O–H groups in total. The molecule has 0 unspecified atom stereocenters. The van der Waals surface area contributed by atoms with Gasteiger partial charge in [0, 0.05) is 31.3 Å². The fourth-order valence-corrected chi connectivity index (χ4v) is 2.51. The number of hydrogen-bond acceptors (Lipinski definition) is 3. The average molecular weight is 354 g/mol. The first kappa shape index (κ1) is 19.2. The lowest BCUT2D eigenvalue weighted by Gasteiger charge is -2.25. The summed E-state index contributed by atoms with van der Waals surface area (Å²) >= 11 is 0. The van der Waals surface area contributed by atoms with Gasteiger partial charge in [-0.3, -0.25) is 14.4 Å². The highest BCUT2D eigenvalue weighted by molar-refractivity contribution is 5.95. The van der Waals surface area contributed by atoms with Gasteiger partial charge >= 0.3 is 5.97 Å². The second kappa shape index (κ2) is 8.80. The van der Waals surface area contributed by atoms with Crippen LogP contribution in [0.3, 0.4) is 0 Å². The molecule has 0 aliphatic rings. The molecule has 26 heavy (non-hydrogen) atoms. The largest absolute Gasteiger partial charge is 0.481 e. The van der Waals surface area contributed by atoms with Crippen molar-refractivity contribution >= 4 is 23.5 Å². The Labute approximate surface area is 152 Å². The molecule has 0 saturated heterocycles. The molecule has 0 spiro atoms.